The Morgan fingerprint density at radius 3 is 2.37 bits per heavy atom. The molecule has 348 valence electrons. The van der Waals surface area contributed by atoms with Crippen molar-refractivity contribution >= 4 is 16.3 Å². The number of methoxy groups -OCH3 is 1. The average Bonchev–Trinajstić information content (AvgIpc) is 3.56. The maximum atomic E-state index is 14.4. The summed E-state index contributed by atoms with van der Waals surface area (Å²) in [5.74, 6) is -3.07. The Morgan fingerprint density at radius 1 is 1.06 bits per heavy atom. The molecule has 15 atom stereocenters. The van der Waals surface area contributed by atoms with Crippen LogP contribution in [0.3, 0.4) is 0 Å². The summed E-state index contributed by atoms with van der Waals surface area (Å²) < 4.78 is 72.8. The van der Waals surface area contributed by atoms with Gasteiger partial charge in [0.25, 0.3) is 0 Å². The number of hydrogen-bond donors (Lipinski definition) is 2. The zero-order valence-electron chi connectivity index (χ0n) is 38.3. The lowest BCUT2D eigenvalue weighted by Crippen LogP contribution is -2.58. The predicted octanol–water partition coefficient (Wildman–Crippen LogP) is 6.70. The Balaban J connectivity index is 1.56. The first kappa shape index (κ1) is 50.2. The first-order valence-corrected chi connectivity index (χ1v) is 23.7. The fraction of sp³-hybridized carbons (Fsp3) is 0.688. The van der Waals surface area contributed by atoms with Crippen LogP contribution in [0.1, 0.15) is 87.5 Å². The minimum atomic E-state index is -4.20. The molecule has 0 aromatic rings. The summed E-state index contributed by atoms with van der Waals surface area (Å²) in [6.45, 7) is 27.8. The second-order valence-corrected chi connectivity index (χ2v) is 19.9. The Hall–Kier alpha value is -2.76. The number of hydrogen-bond acceptors (Lipinski definition) is 12. The molecule has 5 aliphatic rings. The van der Waals surface area contributed by atoms with Crippen LogP contribution in [0.15, 0.2) is 85.1 Å². The summed E-state index contributed by atoms with van der Waals surface area (Å²) in [6.07, 6.45) is 10.1. The number of carbonyl (C=O) groups excluding carboxylic acids is 1. The fourth-order valence-corrected chi connectivity index (χ4v) is 11.3. The van der Waals surface area contributed by atoms with Crippen LogP contribution in [0.25, 0.3) is 0 Å². The minimum Gasteiger partial charge on any atom is -0.462 e. The van der Waals surface area contributed by atoms with Gasteiger partial charge in [0.15, 0.2) is 5.79 Å². The number of rotatable bonds is 15. The van der Waals surface area contributed by atoms with E-state index in [0.717, 1.165) is 16.3 Å². The quantitative estimate of drug-likeness (QED) is 0.133. The van der Waals surface area contributed by atoms with Gasteiger partial charge in [-0.05, 0) is 62.2 Å². The van der Waals surface area contributed by atoms with Gasteiger partial charge in [0.05, 0.1) is 37.1 Å². The van der Waals surface area contributed by atoms with E-state index in [1.54, 1.807) is 39.2 Å². The number of aliphatic hydroxyl groups excluding tert-OH is 1. The highest BCUT2D eigenvalue weighted by Crippen LogP contribution is 2.47. The molecular weight excluding hydrogens is 815 g/mol. The zero-order valence-corrected chi connectivity index (χ0v) is 39.1. The van der Waals surface area contributed by atoms with Gasteiger partial charge in [-0.25, -0.2) is 4.18 Å². The standard InChI is InChI=1S/C48H73NO12S/c1-13-22-49(23-14-2)62(53,54)61-44-34(11)57-39(26-40(44)55-12)41-31(8)18-17-19-35-28-56-45-42(50)33(10)24-38(48(35,45)52)46(51)58-37-25-36(21-20-32(41)9)59-47(16-4,27-37)60-43(29(5)6)30(7)15-3/h13-14,16-20,24,29-31,34,36-45,50,52H,1-2,4,15,21-23,25-28H2,3,5-12H3/b18-17+,32-20+,35-19+/t30?,31-,34-,36+,37-,38-,39?,40-,41-,42+,43-,44?,45?,47+,48+/m0/s1. The highest BCUT2D eigenvalue weighted by atomic mass is 32.2. The number of allylic oxidation sites excluding steroid dienone is 3. The molecule has 0 aromatic heterocycles. The summed E-state index contributed by atoms with van der Waals surface area (Å²) in [6, 6.07) is 0. The zero-order chi connectivity index (χ0) is 45.7. The van der Waals surface area contributed by atoms with Crippen molar-refractivity contribution < 1.29 is 56.0 Å². The highest BCUT2D eigenvalue weighted by molar-refractivity contribution is 7.84. The summed E-state index contributed by atoms with van der Waals surface area (Å²) in [5.41, 5.74) is 0.0926. The molecule has 5 rings (SSSR count). The monoisotopic (exact) mass is 887 g/mol. The molecular formula is C48H73NO12S. The maximum absolute atomic E-state index is 14.4. The van der Waals surface area contributed by atoms with Crippen LogP contribution < -0.4 is 0 Å². The summed E-state index contributed by atoms with van der Waals surface area (Å²) in [5, 5.41) is 23.8. The molecule has 62 heavy (non-hydrogen) atoms. The molecule has 2 N–H and O–H groups in total. The summed E-state index contributed by atoms with van der Waals surface area (Å²) in [4.78, 5) is 14.4. The van der Waals surface area contributed by atoms with Crippen molar-refractivity contribution in [2.45, 2.75) is 154 Å². The molecule has 0 aromatic carbocycles. The van der Waals surface area contributed by atoms with Crippen LogP contribution >= 0.6 is 0 Å². The molecule has 0 radical (unpaired) electrons. The Bertz CT molecular complexity index is 1830. The van der Waals surface area contributed by atoms with Gasteiger partial charge in [0.1, 0.15) is 35.9 Å². The van der Waals surface area contributed by atoms with Crippen LogP contribution in [0.5, 0.6) is 0 Å². The minimum absolute atomic E-state index is 0.00324. The SMILES string of the molecule is C=CCN(CC=C)S(=O)(=O)OC1[C@H](C)OC([C@@H]2/C(C)=C/C[C@@H]3C[C@@H](C[C@@](C=C)(O[C@@H](C(C)C)C(C)CC)O3)OC(=O)[C@@H]3C=C(C)[C@@H](O)C4OC/C(=C\C=C\[C@@H]2C)[C@]43O)C[C@@H]1OC. The van der Waals surface area contributed by atoms with Crippen LogP contribution in [-0.4, -0.2) is 122 Å². The third-order valence-electron chi connectivity index (χ3n) is 13.6. The lowest BCUT2D eigenvalue weighted by atomic mass is 9.71. The number of aliphatic hydroxyl groups is 2. The van der Waals surface area contributed by atoms with Gasteiger partial charge in [-0.1, -0.05) is 95.7 Å². The van der Waals surface area contributed by atoms with E-state index in [9.17, 15) is 23.4 Å². The number of ether oxygens (including phenoxy) is 6. The van der Waals surface area contributed by atoms with Crippen LogP contribution in [0, 0.1) is 29.6 Å². The van der Waals surface area contributed by atoms with Crippen molar-refractivity contribution in [3.05, 3.63) is 85.1 Å². The summed E-state index contributed by atoms with van der Waals surface area (Å²) in [7, 11) is -2.66. The van der Waals surface area contributed by atoms with Gasteiger partial charge in [-0.3, -0.25) is 4.79 Å². The third-order valence-corrected chi connectivity index (χ3v) is 15.0. The number of esters is 1. The second kappa shape index (κ2) is 21.0. The molecule has 4 heterocycles. The van der Waals surface area contributed by atoms with E-state index in [1.165, 1.54) is 12.2 Å². The van der Waals surface area contributed by atoms with Crippen molar-refractivity contribution in [3.63, 3.8) is 0 Å². The summed E-state index contributed by atoms with van der Waals surface area (Å²) >= 11 is 0. The largest absolute Gasteiger partial charge is 0.462 e. The van der Waals surface area contributed by atoms with Crippen LogP contribution in [0.4, 0.5) is 0 Å². The van der Waals surface area contributed by atoms with E-state index in [4.69, 9.17) is 32.6 Å². The van der Waals surface area contributed by atoms with E-state index in [2.05, 4.69) is 67.4 Å². The van der Waals surface area contributed by atoms with Crippen molar-refractivity contribution in [2.75, 3.05) is 26.8 Å². The van der Waals surface area contributed by atoms with Crippen molar-refractivity contribution in [1.82, 2.24) is 4.31 Å². The predicted molar refractivity (Wildman–Crippen MR) is 238 cm³/mol. The molecule has 1 aliphatic carbocycles. The first-order valence-electron chi connectivity index (χ1n) is 22.3. The molecule has 4 aliphatic heterocycles. The molecule has 3 saturated heterocycles. The average molecular weight is 888 g/mol. The lowest BCUT2D eigenvalue weighted by molar-refractivity contribution is -0.296. The molecule has 0 spiro atoms. The fourth-order valence-electron chi connectivity index (χ4n) is 10.0. The molecule has 14 heteroatoms. The number of carbonyl (C=O) groups is 1. The molecule has 2 bridgehead atoms. The van der Waals surface area contributed by atoms with Crippen molar-refractivity contribution in [1.29, 1.82) is 0 Å². The van der Waals surface area contributed by atoms with E-state index in [0.29, 0.717) is 30.4 Å². The topological polar surface area (TPSA) is 160 Å². The Labute approximate surface area is 370 Å². The van der Waals surface area contributed by atoms with E-state index in [1.807, 2.05) is 12.2 Å². The molecule has 0 saturated carbocycles. The van der Waals surface area contributed by atoms with E-state index < -0.39 is 82.4 Å². The van der Waals surface area contributed by atoms with Gasteiger partial charge < -0.3 is 38.6 Å². The van der Waals surface area contributed by atoms with E-state index in [-0.39, 0.29) is 55.9 Å². The number of fused-ring (bicyclic) bond motifs is 2. The normalized spacial score (nSPS) is 40.2. The van der Waals surface area contributed by atoms with Gasteiger partial charge in [0, 0.05) is 45.4 Å². The van der Waals surface area contributed by atoms with Crippen molar-refractivity contribution in [2.24, 2.45) is 29.6 Å². The first-order chi connectivity index (χ1) is 29.3. The Kier molecular flexibility index (Phi) is 17.0. The van der Waals surface area contributed by atoms with Crippen LogP contribution in [0.2, 0.25) is 0 Å². The third kappa shape index (κ3) is 10.7. The Morgan fingerprint density at radius 2 is 1.76 bits per heavy atom. The van der Waals surface area contributed by atoms with E-state index >= 15 is 0 Å². The number of nitrogens with zero attached hydrogens (tertiary/aromatic N) is 1. The molecule has 0 amide bonds. The van der Waals surface area contributed by atoms with Gasteiger partial charge >= 0.3 is 16.3 Å². The smallest absolute Gasteiger partial charge is 0.339 e. The maximum Gasteiger partial charge on any atom is 0.339 e. The van der Waals surface area contributed by atoms with Gasteiger partial charge in [0.2, 0.25) is 0 Å². The molecule has 4 unspecified atom stereocenters. The van der Waals surface area contributed by atoms with Gasteiger partial charge in [-0.15, -0.1) is 13.2 Å². The molecule has 3 fully saturated rings. The highest BCUT2D eigenvalue weighted by Gasteiger charge is 2.60. The molecule has 13 nitrogen and oxygen atoms in total. The van der Waals surface area contributed by atoms with Crippen molar-refractivity contribution in [3.8, 4) is 0 Å². The van der Waals surface area contributed by atoms with Crippen LogP contribution in [-0.2, 0) is 47.7 Å². The second-order valence-electron chi connectivity index (χ2n) is 18.3. The lowest BCUT2D eigenvalue weighted by Gasteiger charge is -2.46. The van der Waals surface area contributed by atoms with Gasteiger partial charge in [-0.2, -0.15) is 12.7 Å².